The first-order valence-electron chi connectivity index (χ1n) is 11.5. The number of nitrogens with zero attached hydrogens (tertiary/aromatic N) is 5. The second-order valence-corrected chi connectivity index (χ2v) is 8.58. The summed E-state index contributed by atoms with van der Waals surface area (Å²) in [5.74, 6) is 1.74. The van der Waals surface area contributed by atoms with Crippen LogP contribution < -0.4 is 15.5 Å². The predicted octanol–water partition coefficient (Wildman–Crippen LogP) is 2.28. The third-order valence-corrected chi connectivity index (χ3v) is 6.69. The van der Waals surface area contributed by atoms with Gasteiger partial charge in [0, 0.05) is 70.7 Å². The molecule has 2 heterocycles. The topological polar surface area (TPSA) is 68.7 Å². The van der Waals surface area contributed by atoms with E-state index in [1.54, 1.807) is 0 Å². The Bertz CT molecular complexity index is 810. The number of guanidine groups is 1. The van der Waals surface area contributed by atoms with Crippen LogP contribution in [0, 0.1) is 0 Å². The highest BCUT2D eigenvalue weighted by Gasteiger charge is 2.35. The maximum absolute atomic E-state index is 4.46. The third kappa shape index (κ3) is 5.53. The highest BCUT2D eigenvalue weighted by molar-refractivity contribution is 5.79. The van der Waals surface area contributed by atoms with Gasteiger partial charge in [-0.25, -0.2) is 9.97 Å². The molecule has 7 nitrogen and oxygen atoms in total. The summed E-state index contributed by atoms with van der Waals surface area (Å²) in [5, 5.41) is 7.12. The van der Waals surface area contributed by atoms with Crippen LogP contribution in [0.3, 0.4) is 0 Å². The molecule has 1 aromatic heterocycles. The van der Waals surface area contributed by atoms with E-state index >= 15 is 0 Å². The lowest BCUT2D eigenvalue weighted by molar-refractivity contribution is 0.260. The van der Waals surface area contributed by atoms with Crippen LogP contribution in [0.4, 0.5) is 5.95 Å². The van der Waals surface area contributed by atoms with Crippen molar-refractivity contribution in [2.45, 2.75) is 31.1 Å². The van der Waals surface area contributed by atoms with Crippen LogP contribution in [-0.4, -0.2) is 73.7 Å². The van der Waals surface area contributed by atoms with Gasteiger partial charge in [0.1, 0.15) is 0 Å². The fourth-order valence-corrected chi connectivity index (χ4v) is 4.84. The van der Waals surface area contributed by atoms with E-state index in [1.165, 1.54) is 31.2 Å². The van der Waals surface area contributed by atoms with Gasteiger partial charge < -0.3 is 15.5 Å². The van der Waals surface area contributed by atoms with Crippen molar-refractivity contribution >= 4 is 11.9 Å². The maximum atomic E-state index is 4.46. The summed E-state index contributed by atoms with van der Waals surface area (Å²) >= 11 is 0. The van der Waals surface area contributed by atoms with E-state index in [9.17, 15) is 0 Å². The minimum atomic E-state index is 0.231. The summed E-state index contributed by atoms with van der Waals surface area (Å²) in [6, 6.07) is 12.8. The Labute approximate surface area is 186 Å². The summed E-state index contributed by atoms with van der Waals surface area (Å²) in [4.78, 5) is 17.9. The first-order chi connectivity index (χ1) is 15.3. The van der Waals surface area contributed by atoms with Crippen molar-refractivity contribution in [1.82, 2.24) is 25.5 Å². The molecule has 0 radical (unpaired) electrons. The summed E-state index contributed by atoms with van der Waals surface area (Å²) in [5.41, 5.74) is 1.69. The number of benzene rings is 1. The van der Waals surface area contributed by atoms with E-state index in [0.717, 1.165) is 57.7 Å². The Hall–Kier alpha value is -2.67. The van der Waals surface area contributed by atoms with Crippen LogP contribution in [0.1, 0.15) is 31.2 Å². The lowest BCUT2D eigenvalue weighted by atomic mass is 9.79. The quantitative estimate of drug-likeness (QED) is 0.528. The Morgan fingerprint density at radius 1 is 0.968 bits per heavy atom. The molecule has 4 rings (SSSR count). The molecule has 0 atom stereocenters. The predicted molar refractivity (Wildman–Crippen MR) is 127 cm³/mol. The largest absolute Gasteiger partial charge is 0.356 e. The molecule has 166 valence electrons. The molecule has 2 fully saturated rings. The molecule has 0 amide bonds. The second-order valence-electron chi connectivity index (χ2n) is 8.58. The van der Waals surface area contributed by atoms with Crippen molar-refractivity contribution in [3.05, 3.63) is 54.4 Å². The lowest BCUT2D eigenvalue weighted by Gasteiger charge is -2.34. The summed E-state index contributed by atoms with van der Waals surface area (Å²) < 4.78 is 0. The van der Waals surface area contributed by atoms with Crippen molar-refractivity contribution in [2.75, 3.05) is 57.8 Å². The van der Waals surface area contributed by atoms with E-state index in [0.29, 0.717) is 0 Å². The number of anilines is 1. The van der Waals surface area contributed by atoms with Crippen molar-refractivity contribution in [3.8, 4) is 0 Å². The molecule has 0 bridgehead atoms. The SMILES string of the molecule is CN=C(NCCN1CCN(c2ncccn2)CC1)NCC1(c2ccccc2)CCCC1. The monoisotopic (exact) mass is 421 g/mol. The Morgan fingerprint density at radius 3 is 2.35 bits per heavy atom. The molecule has 2 aliphatic rings. The van der Waals surface area contributed by atoms with Gasteiger partial charge in [0.2, 0.25) is 5.95 Å². The Balaban J connectivity index is 1.21. The van der Waals surface area contributed by atoms with E-state index < -0.39 is 0 Å². The standard InChI is InChI=1S/C24H35N7/c1-25-22(29-20-24(10-5-6-11-24)21-8-3-2-4-9-21)26-14-15-30-16-18-31(19-17-30)23-27-12-7-13-28-23/h2-4,7-9,12-13H,5-6,10-11,14-20H2,1H3,(H2,25,26,29). The molecule has 2 N–H and O–H groups in total. The van der Waals surface area contributed by atoms with Gasteiger partial charge in [0.05, 0.1) is 0 Å². The average molecular weight is 422 g/mol. The summed E-state index contributed by atoms with van der Waals surface area (Å²) in [6.07, 6.45) is 8.73. The fourth-order valence-electron chi connectivity index (χ4n) is 4.84. The minimum Gasteiger partial charge on any atom is -0.356 e. The summed E-state index contributed by atoms with van der Waals surface area (Å²) in [6.45, 7) is 6.83. The molecule has 1 aliphatic heterocycles. The lowest BCUT2D eigenvalue weighted by Crippen LogP contribution is -2.50. The molecule has 31 heavy (non-hydrogen) atoms. The number of piperazine rings is 1. The molecule has 7 heteroatoms. The van der Waals surface area contributed by atoms with E-state index in [2.05, 4.69) is 65.7 Å². The van der Waals surface area contributed by atoms with Crippen LogP contribution in [0.15, 0.2) is 53.8 Å². The molecule has 2 aromatic rings. The van der Waals surface area contributed by atoms with Crippen LogP contribution in [-0.2, 0) is 5.41 Å². The molecule has 1 saturated carbocycles. The van der Waals surface area contributed by atoms with E-state index in [1.807, 2.05) is 25.5 Å². The van der Waals surface area contributed by atoms with Crippen molar-refractivity contribution in [1.29, 1.82) is 0 Å². The number of hydrogen-bond acceptors (Lipinski definition) is 5. The zero-order chi connectivity index (χ0) is 21.4. The van der Waals surface area contributed by atoms with Crippen LogP contribution in [0.5, 0.6) is 0 Å². The molecule has 1 aromatic carbocycles. The van der Waals surface area contributed by atoms with Crippen molar-refractivity contribution in [2.24, 2.45) is 4.99 Å². The first kappa shape index (κ1) is 21.6. The zero-order valence-electron chi connectivity index (χ0n) is 18.6. The number of hydrogen-bond donors (Lipinski definition) is 2. The molecule has 0 unspecified atom stereocenters. The van der Waals surface area contributed by atoms with Crippen molar-refractivity contribution in [3.63, 3.8) is 0 Å². The molecule has 0 spiro atoms. The van der Waals surface area contributed by atoms with Gasteiger partial charge in [-0.2, -0.15) is 0 Å². The normalized spacial score (nSPS) is 19.4. The van der Waals surface area contributed by atoms with Gasteiger partial charge >= 0.3 is 0 Å². The van der Waals surface area contributed by atoms with Crippen LogP contribution in [0.25, 0.3) is 0 Å². The smallest absolute Gasteiger partial charge is 0.225 e. The third-order valence-electron chi connectivity index (χ3n) is 6.69. The summed E-state index contributed by atoms with van der Waals surface area (Å²) in [7, 11) is 1.86. The fraction of sp³-hybridized carbons (Fsp3) is 0.542. The van der Waals surface area contributed by atoms with Gasteiger partial charge in [-0.1, -0.05) is 43.2 Å². The number of rotatable bonds is 7. The van der Waals surface area contributed by atoms with Crippen LogP contribution >= 0.6 is 0 Å². The minimum absolute atomic E-state index is 0.231. The molecule has 1 aliphatic carbocycles. The van der Waals surface area contributed by atoms with E-state index in [4.69, 9.17) is 0 Å². The Morgan fingerprint density at radius 2 is 1.68 bits per heavy atom. The number of aliphatic imine (C=N–C) groups is 1. The van der Waals surface area contributed by atoms with E-state index in [-0.39, 0.29) is 5.41 Å². The number of nitrogens with one attached hydrogen (secondary N) is 2. The maximum Gasteiger partial charge on any atom is 0.225 e. The van der Waals surface area contributed by atoms with Gasteiger partial charge in [-0.15, -0.1) is 0 Å². The van der Waals surface area contributed by atoms with Gasteiger partial charge in [-0.05, 0) is 24.5 Å². The highest BCUT2D eigenvalue weighted by atomic mass is 15.3. The molecular formula is C24H35N7. The highest BCUT2D eigenvalue weighted by Crippen LogP contribution is 2.40. The van der Waals surface area contributed by atoms with Gasteiger partial charge in [0.15, 0.2) is 5.96 Å². The van der Waals surface area contributed by atoms with Gasteiger partial charge in [0.25, 0.3) is 0 Å². The molecular weight excluding hydrogens is 386 g/mol. The first-order valence-corrected chi connectivity index (χ1v) is 11.5. The number of aromatic nitrogens is 2. The molecule has 1 saturated heterocycles. The Kier molecular flexibility index (Phi) is 7.35. The van der Waals surface area contributed by atoms with Gasteiger partial charge in [-0.3, -0.25) is 9.89 Å². The zero-order valence-corrected chi connectivity index (χ0v) is 18.6. The van der Waals surface area contributed by atoms with Crippen molar-refractivity contribution < 1.29 is 0 Å². The second kappa shape index (κ2) is 10.6. The van der Waals surface area contributed by atoms with Crippen LogP contribution in [0.2, 0.25) is 0 Å². The average Bonchev–Trinajstić information content (AvgIpc) is 3.33.